The molecule has 3 aromatic rings. The van der Waals surface area contributed by atoms with Crippen molar-refractivity contribution in [3.8, 4) is 0 Å². The molecular formula is C25H25F4N3O3. The molecule has 2 aromatic carbocycles. The van der Waals surface area contributed by atoms with E-state index >= 15 is 0 Å². The fraction of sp³-hybridized carbons (Fsp3) is 0.320. The van der Waals surface area contributed by atoms with Gasteiger partial charge in [-0.15, -0.1) is 0 Å². The first-order valence-corrected chi connectivity index (χ1v) is 11.0. The average molecular weight is 491 g/mol. The second kappa shape index (κ2) is 11.2. The number of amides is 1. The minimum atomic E-state index is -5.08. The molecule has 1 fully saturated rings. The number of aromatic nitrogens is 1. The van der Waals surface area contributed by atoms with Crippen molar-refractivity contribution in [2.24, 2.45) is 0 Å². The molecule has 0 saturated heterocycles. The van der Waals surface area contributed by atoms with Crippen molar-refractivity contribution in [2.45, 2.75) is 50.9 Å². The van der Waals surface area contributed by atoms with E-state index in [0.29, 0.717) is 11.6 Å². The van der Waals surface area contributed by atoms with Gasteiger partial charge in [-0.1, -0.05) is 24.3 Å². The van der Waals surface area contributed by atoms with Gasteiger partial charge in [-0.2, -0.15) is 13.2 Å². The minimum absolute atomic E-state index is 0.125. The van der Waals surface area contributed by atoms with Crippen LogP contribution in [0.15, 0.2) is 54.6 Å². The zero-order chi connectivity index (χ0) is 25.6. The van der Waals surface area contributed by atoms with Crippen molar-refractivity contribution < 1.29 is 32.3 Å². The summed E-state index contributed by atoms with van der Waals surface area (Å²) >= 11 is 0. The van der Waals surface area contributed by atoms with E-state index in [9.17, 15) is 22.4 Å². The van der Waals surface area contributed by atoms with Gasteiger partial charge in [0.2, 0.25) is 0 Å². The number of anilines is 1. The number of hydrogen-bond acceptors (Lipinski definition) is 4. The summed E-state index contributed by atoms with van der Waals surface area (Å²) in [6.45, 7) is 2.11. The summed E-state index contributed by atoms with van der Waals surface area (Å²) in [6.07, 6.45) is -1.38. The molecule has 35 heavy (non-hydrogen) atoms. The molecule has 1 saturated carbocycles. The third kappa shape index (κ3) is 7.40. The van der Waals surface area contributed by atoms with Gasteiger partial charge >= 0.3 is 12.1 Å². The predicted octanol–water partition coefficient (Wildman–Crippen LogP) is 5.47. The topological polar surface area (TPSA) is 91.3 Å². The van der Waals surface area contributed by atoms with E-state index in [0.717, 1.165) is 37.0 Å². The summed E-state index contributed by atoms with van der Waals surface area (Å²) in [4.78, 5) is 25.9. The van der Waals surface area contributed by atoms with Crippen LogP contribution in [0.2, 0.25) is 0 Å². The number of benzene rings is 2. The number of alkyl halides is 3. The highest BCUT2D eigenvalue weighted by Gasteiger charge is 2.38. The first-order valence-electron chi connectivity index (χ1n) is 11.0. The molecule has 0 unspecified atom stereocenters. The molecule has 3 N–H and O–H groups in total. The Morgan fingerprint density at radius 3 is 2.23 bits per heavy atom. The van der Waals surface area contributed by atoms with Crippen LogP contribution < -0.4 is 10.6 Å². The Hall–Kier alpha value is -3.69. The SMILES string of the molecule is Cc1cc(NC2CCC(NC(=O)c3cccc(F)c3)CC2)nc2ccccc12.O=C(O)C(F)(F)F. The zero-order valence-electron chi connectivity index (χ0n) is 18.9. The number of aryl methyl sites for hydroxylation is 1. The summed E-state index contributed by atoms with van der Waals surface area (Å²) in [7, 11) is 0. The van der Waals surface area contributed by atoms with Crippen LogP contribution in [-0.4, -0.2) is 40.2 Å². The lowest BCUT2D eigenvalue weighted by atomic mass is 9.91. The van der Waals surface area contributed by atoms with Gasteiger partial charge in [-0.05, 0) is 68.5 Å². The van der Waals surface area contributed by atoms with E-state index in [2.05, 4.69) is 29.7 Å². The van der Waals surface area contributed by atoms with Gasteiger partial charge in [-0.3, -0.25) is 4.79 Å². The fourth-order valence-corrected chi connectivity index (χ4v) is 3.91. The van der Waals surface area contributed by atoms with Crippen LogP contribution in [0.1, 0.15) is 41.6 Å². The number of para-hydroxylation sites is 1. The molecule has 4 rings (SSSR count). The number of carboxylic acid groups (broad SMARTS) is 1. The van der Waals surface area contributed by atoms with Crippen molar-refractivity contribution in [1.29, 1.82) is 0 Å². The molecule has 1 aliphatic carbocycles. The summed E-state index contributed by atoms with van der Waals surface area (Å²) in [6, 6.07) is 16.5. The van der Waals surface area contributed by atoms with Crippen LogP contribution in [0.25, 0.3) is 10.9 Å². The first kappa shape index (κ1) is 25.9. The largest absolute Gasteiger partial charge is 0.490 e. The summed E-state index contributed by atoms with van der Waals surface area (Å²) in [5.74, 6) is -2.45. The number of fused-ring (bicyclic) bond motifs is 1. The molecule has 1 amide bonds. The second-order valence-corrected chi connectivity index (χ2v) is 8.32. The second-order valence-electron chi connectivity index (χ2n) is 8.32. The van der Waals surface area contributed by atoms with Gasteiger partial charge in [-0.25, -0.2) is 14.2 Å². The van der Waals surface area contributed by atoms with E-state index in [1.54, 1.807) is 12.1 Å². The maximum Gasteiger partial charge on any atom is 0.490 e. The average Bonchev–Trinajstić information content (AvgIpc) is 2.80. The Morgan fingerprint density at radius 1 is 0.971 bits per heavy atom. The lowest BCUT2D eigenvalue weighted by molar-refractivity contribution is -0.192. The number of carbonyl (C=O) groups excluding carboxylic acids is 1. The summed E-state index contributed by atoms with van der Waals surface area (Å²) in [5.41, 5.74) is 2.58. The molecule has 1 heterocycles. The number of halogens is 4. The van der Waals surface area contributed by atoms with Crippen LogP contribution in [0.5, 0.6) is 0 Å². The molecule has 1 aliphatic rings. The van der Waals surface area contributed by atoms with E-state index < -0.39 is 18.0 Å². The lowest BCUT2D eigenvalue weighted by Gasteiger charge is -2.30. The normalized spacial score (nSPS) is 17.7. The van der Waals surface area contributed by atoms with Crippen molar-refractivity contribution in [1.82, 2.24) is 10.3 Å². The third-order valence-electron chi connectivity index (χ3n) is 5.67. The third-order valence-corrected chi connectivity index (χ3v) is 5.67. The zero-order valence-corrected chi connectivity index (χ0v) is 18.9. The van der Waals surface area contributed by atoms with Gasteiger partial charge in [0.25, 0.3) is 5.91 Å². The number of nitrogens with one attached hydrogen (secondary N) is 2. The number of nitrogens with zero attached hydrogens (tertiary/aromatic N) is 1. The number of hydrogen-bond donors (Lipinski definition) is 3. The van der Waals surface area contributed by atoms with Gasteiger partial charge in [0.1, 0.15) is 11.6 Å². The smallest absolute Gasteiger partial charge is 0.475 e. The van der Waals surface area contributed by atoms with E-state index in [-0.39, 0.29) is 11.9 Å². The molecule has 0 atom stereocenters. The maximum absolute atomic E-state index is 13.3. The number of rotatable bonds is 4. The maximum atomic E-state index is 13.3. The van der Waals surface area contributed by atoms with E-state index in [1.807, 2.05) is 18.2 Å². The Labute approximate surface area is 199 Å². The van der Waals surface area contributed by atoms with Crippen LogP contribution in [-0.2, 0) is 4.79 Å². The molecule has 0 radical (unpaired) electrons. The summed E-state index contributed by atoms with van der Waals surface area (Å²) in [5, 5.41) is 14.9. The van der Waals surface area contributed by atoms with Crippen LogP contribution >= 0.6 is 0 Å². The Morgan fingerprint density at radius 2 is 1.60 bits per heavy atom. The van der Waals surface area contributed by atoms with E-state index in [4.69, 9.17) is 14.9 Å². The van der Waals surface area contributed by atoms with Gasteiger partial charge in [0, 0.05) is 23.0 Å². The predicted molar refractivity (Wildman–Crippen MR) is 124 cm³/mol. The van der Waals surface area contributed by atoms with Crippen molar-refractivity contribution in [2.75, 3.05) is 5.32 Å². The lowest BCUT2D eigenvalue weighted by Crippen LogP contribution is -2.40. The van der Waals surface area contributed by atoms with Gasteiger partial charge in [0.15, 0.2) is 0 Å². The molecule has 0 bridgehead atoms. The molecule has 186 valence electrons. The van der Waals surface area contributed by atoms with Crippen molar-refractivity contribution >= 4 is 28.6 Å². The van der Waals surface area contributed by atoms with Crippen molar-refractivity contribution in [3.05, 3.63) is 71.5 Å². The van der Waals surface area contributed by atoms with Gasteiger partial charge < -0.3 is 15.7 Å². The Bertz CT molecular complexity index is 1190. The highest BCUT2D eigenvalue weighted by molar-refractivity contribution is 5.94. The van der Waals surface area contributed by atoms with Crippen LogP contribution in [0, 0.1) is 12.7 Å². The number of carbonyl (C=O) groups is 2. The Kier molecular flexibility index (Phi) is 8.26. The van der Waals surface area contributed by atoms with Crippen LogP contribution in [0.3, 0.4) is 0 Å². The highest BCUT2D eigenvalue weighted by atomic mass is 19.4. The van der Waals surface area contributed by atoms with E-state index in [1.165, 1.54) is 23.1 Å². The van der Waals surface area contributed by atoms with Crippen molar-refractivity contribution in [3.63, 3.8) is 0 Å². The Balaban J connectivity index is 0.000000429. The van der Waals surface area contributed by atoms with Crippen LogP contribution in [0.4, 0.5) is 23.4 Å². The summed E-state index contributed by atoms with van der Waals surface area (Å²) < 4.78 is 45.0. The number of pyridine rings is 1. The quantitative estimate of drug-likeness (QED) is 0.421. The minimum Gasteiger partial charge on any atom is -0.475 e. The monoisotopic (exact) mass is 491 g/mol. The molecular weight excluding hydrogens is 466 g/mol. The molecule has 0 aliphatic heterocycles. The first-order chi connectivity index (χ1) is 16.5. The number of aliphatic carboxylic acids is 1. The highest BCUT2D eigenvalue weighted by Crippen LogP contribution is 2.25. The molecule has 1 aromatic heterocycles. The molecule has 6 nitrogen and oxygen atoms in total. The number of carboxylic acids is 1. The fourth-order valence-electron chi connectivity index (χ4n) is 3.91. The standard InChI is InChI=1S/C23H24FN3O.C2HF3O2/c1-15-13-22(27-21-8-3-2-7-20(15)21)25-18-9-11-19(12-10-18)26-23(28)16-5-4-6-17(24)14-16;3-2(4,5)1(6)7/h2-8,13-14,18-19H,9-12H2,1H3,(H,25,27)(H,26,28);(H,6,7). The molecule has 10 heteroatoms. The molecule has 0 spiro atoms. The van der Waals surface area contributed by atoms with Gasteiger partial charge in [0.05, 0.1) is 5.52 Å².